The van der Waals surface area contributed by atoms with Gasteiger partial charge < -0.3 is 20.6 Å². The summed E-state index contributed by atoms with van der Waals surface area (Å²) in [5.41, 5.74) is 5.78. The fraction of sp³-hybridized carbons (Fsp3) is 0.462. The monoisotopic (exact) mass is 285 g/mol. The summed E-state index contributed by atoms with van der Waals surface area (Å²) in [6.07, 6.45) is -0.704. The summed E-state index contributed by atoms with van der Waals surface area (Å²) in [5, 5.41) is 8.85. The number of halogens is 2. The van der Waals surface area contributed by atoms with Gasteiger partial charge in [0.15, 0.2) is 11.6 Å². The molecular weight excluding hydrogens is 268 g/mol. The van der Waals surface area contributed by atoms with Crippen molar-refractivity contribution < 1.29 is 18.7 Å². The lowest BCUT2D eigenvalue weighted by molar-refractivity contribution is 0.142. The molecule has 0 aliphatic carbocycles. The van der Waals surface area contributed by atoms with E-state index in [-0.39, 0.29) is 37.3 Å². The smallest absolute Gasteiger partial charge is 0.407 e. The minimum absolute atomic E-state index is 0.174. The molecule has 1 aromatic rings. The summed E-state index contributed by atoms with van der Waals surface area (Å²) in [5.74, 6) is -1.76. The second-order valence-corrected chi connectivity index (χ2v) is 4.67. The number of carboxylic acid groups (broad SMARTS) is 1. The molecule has 3 N–H and O–H groups in total. The quantitative estimate of drug-likeness (QED) is 0.877. The molecule has 0 aromatic heterocycles. The number of piperazine rings is 1. The van der Waals surface area contributed by atoms with E-state index in [4.69, 9.17) is 10.8 Å². The molecule has 110 valence electrons. The van der Waals surface area contributed by atoms with Crippen molar-refractivity contribution in [3.05, 3.63) is 29.3 Å². The summed E-state index contributed by atoms with van der Waals surface area (Å²) in [6.45, 7) is 1.51. The Morgan fingerprint density at radius 1 is 1.20 bits per heavy atom. The Balaban J connectivity index is 2.14. The van der Waals surface area contributed by atoms with Crippen LogP contribution in [0.25, 0.3) is 0 Å². The summed E-state index contributed by atoms with van der Waals surface area (Å²) < 4.78 is 27.9. The van der Waals surface area contributed by atoms with E-state index in [2.05, 4.69) is 0 Å². The number of hydrogen-bond donors (Lipinski definition) is 2. The summed E-state index contributed by atoms with van der Waals surface area (Å²) in [6, 6.07) is 3.06. The fourth-order valence-electron chi connectivity index (χ4n) is 2.31. The van der Waals surface area contributed by atoms with Crippen molar-refractivity contribution >= 4 is 11.8 Å². The molecule has 1 aromatic carbocycles. The van der Waals surface area contributed by atoms with Gasteiger partial charge in [0.2, 0.25) is 0 Å². The number of amides is 1. The number of nitrogens with zero attached hydrogens (tertiary/aromatic N) is 2. The van der Waals surface area contributed by atoms with Crippen molar-refractivity contribution in [3.63, 3.8) is 0 Å². The van der Waals surface area contributed by atoms with Gasteiger partial charge in [-0.15, -0.1) is 0 Å². The third-order valence-corrected chi connectivity index (χ3v) is 3.45. The van der Waals surface area contributed by atoms with E-state index in [1.165, 1.54) is 17.0 Å². The van der Waals surface area contributed by atoms with Gasteiger partial charge in [0, 0.05) is 26.2 Å². The van der Waals surface area contributed by atoms with Gasteiger partial charge in [-0.25, -0.2) is 13.6 Å². The van der Waals surface area contributed by atoms with Gasteiger partial charge in [-0.1, -0.05) is 6.07 Å². The zero-order valence-electron chi connectivity index (χ0n) is 11.0. The van der Waals surface area contributed by atoms with Gasteiger partial charge in [0.05, 0.1) is 5.69 Å². The molecule has 2 rings (SSSR count). The SMILES string of the molecule is NCCc1ccc(N2CCN(C(=O)O)CC2)c(F)c1F. The molecule has 1 amide bonds. The maximum atomic E-state index is 14.0. The average molecular weight is 285 g/mol. The van der Waals surface area contributed by atoms with Crippen LogP contribution in [0.2, 0.25) is 0 Å². The Labute approximate surface area is 115 Å². The third-order valence-electron chi connectivity index (χ3n) is 3.45. The van der Waals surface area contributed by atoms with Crippen molar-refractivity contribution in [2.24, 2.45) is 5.73 Å². The number of carbonyl (C=O) groups is 1. The molecule has 7 heteroatoms. The van der Waals surface area contributed by atoms with E-state index in [1.54, 1.807) is 4.90 Å². The highest BCUT2D eigenvalue weighted by Gasteiger charge is 2.24. The Hall–Kier alpha value is -1.89. The summed E-state index contributed by atoms with van der Waals surface area (Å²) in [7, 11) is 0. The normalized spacial score (nSPS) is 15.6. The minimum Gasteiger partial charge on any atom is -0.465 e. The Morgan fingerprint density at radius 3 is 2.40 bits per heavy atom. The molecule has 0 unspecified atom stereocenters. The van der Waals surface area contributed by atoms with Crippen molar-refractivity contribution in [1.29, 1.82) is 0 Å². The molecule has 1 saturated heterocycles. The molecule has 5 nitrogen and oxygen atoms in total. The van der Waals surface area contributed by atoms with E-state index in [1.807, 2.05) is 0 Å². The predicted molar refractivity (Wildman–Crippen MR) is 70.9 cm³/mol. The van der Waals surface area contributed by atoms with Crippen LogP contribution in [0.4, 0.5) is 19.3 Å². The van der Waals surface area contributed by atoms with Crippen LogP contribution < -0.4 is 10.6 Å². The van der Waals surface area contributed by atoms with Crippen LogP contribution in [0.1, 0.15) is 5.56 Å². The first kappa shape index (κ1) is 14.5. The maximum absolute atomic E-state index is 14.0. The molecule has 20 heavy (non-hydrogen) atoms. The number of rotatable bonds is 3. The van der Waals surface area contributed by atoms with Crippen molar-refractivity contribution in [2.45, 2.75) is 6.42 Å². The second kappa shape index (κ2) is 6.04. The average Bonchev–Trinajstić information content (AvgIpc) is 2.44. The highest BCUT2D eigenvalue weighted by Crippen LogP contribution is 2.25. The Morgan fingerprint density at radius 2 is 1.85 bits per heavy atom. The zero-order valence-corrected chi connectivity index (χ0v) is 11.0. The molecule has 0 atom stereocenters. The van der Waals surface area contributed by atoms with Crippen molar-refractivity contribution in [2.75, 3.05) is 37.6 Å². The summed E-state index contributed by atoms with van der Waals surface area (Å²) in [4.78, 5) is 13.7. The van der Waals surface area contributed by atoms with E-state index in [9.17, 15) is 13.6 Å². The van der Waals surface area contributed by atoms with Crippen LogP contribution in [-0.2, 0) is 6.42 Å². The molecule has 1 heterocycles. The van der Waals surface area contributed by atoms with E-state index < -0.39 is 17.7 Å². The second-order valence-electron chi connectivity index (χ2n) is 4.67. The van der Waals surface area contributed by atoms with Crippen LogP contribution in [0.5, 0.6) is 0 Å². The fourth-order valence-corrected chi connectivity index (χ4v) is 2.31. The Kier molecular flexibility index (Phi) is 4.39. The largest absolute Gasteiger partial charge is 0.465 e. The topological polar surface area (TPSA) is 69.8 Å². The molecule has 0 saturated carbocycles. The van der Waals surface area contributed by atoms with E-state index in [0.717, 1.165) is 0 Å². The zero-order chi connectivity index (χ0) is 14.7. The minimum atomic E-state index is -0.991. The molecule has 0 radical (unpaired) electrons. The molecule has 0 spiro atoms. The lowest BCUT2D eigenvalue weighted by Gasteiger charge is -2.34. The number of nitrogens with two attached hydrogens (primary N) is 1. The van der Waals surface area contributed by atoms with E-state index in [0.29, 0.717) is 13.1 Å². The first-order chi connectivity index (χ1) is 9.54. The van der Waals surface area contributed by atoms with Gasteiger partial charge in [0.1, 0.15) is 0 Å². The van der Waals surface area contributed by atoms with Crippen LogP contribution in [-0.4, -0.2) is 48.8 Å². The highest BCUT2D eigenvalue weighted by molar-refractivity contribution is 5.65. The van der Waals surface area contributed by atoms with Gasteiger partial charge in [-0.05, 0) is 24.6 Å². The lowest BCUT2D eigenvalue weighted by Crippen LogP contribution is -2.48. The number of hydrogen-bond acceptors (Lipinski definition) is 3. The van der Waals surface area contributed by atoms with Crippen LogP contribution in [0.15, 0.2) is 12.1 Å². The number of anilines is 1. The maximum Gasteiger partial charge on any atom is 0.407 e. The first-order valence-corrected chi connectivity index (χ1v) is 6.44. The lowest BCUT2D eigenvalue weighted by atomic mass is 10.1. The molecule has 0 bridgehead atoms. The van der Waals surface area contributed by atoms with E-state index >= 15 is 0 Å². The van der Waals surface area contributed by atoms with Crippen LogP contribution in [0.3, 0.4) is 0 Å². The molecular formula is C13H17F2N3O2. The van der Waals surface area contributed by atoms with Gasteiger partial charge in [-0.2, -0.15) is 0 Å². The van der Waals surface area contributed by atoms with Gasteiger partial charge in [-0.3, -0.25) is 0 Å². The predicted octanol–water partition coefficient (Wildman–Crippen LogP) is 1.27. The van der Waals surface area contributed by atoms with Gasteiger partial charge >= 0.3 is 6.09 Å². The molecule has 1 aliphatic heterocycles. The highest BCUT2D eigenvalue weighted by atomic mass is 19.2. The van der Waals surface area contributed by atoms with Crippen molar-refractivity contribution in [3.8, 4) is 0 Å². The van der Waals surface area contributed by atoms with Gasteiger partial charge in [0.25, 0.3) is 0 Å². The van der Waals surface area contributed by atoms with Crippen LogP contribution >= 0.6 is 0 Å². The standard InChI is InChI=1S/C13H17F2N3O2/c14-11-9(3-4-16)1-2-10(12(11)15)17-5-7-18(8-6-17)13(19)20/h1-2H,3-8,16H2,(H,19,20). The van der Waals surface area contributed by atoms with Crippen molar-refractivity contribution in [1.82, 2.24) is 4.90 Å². The number of benzene rings is 1. The molecule has 1 aliphatic rings. The molecule has 1 fully saturated rings. The first-order valence-electron chi connectivity index (χ1n) is 6.44. The third kappa shape index (κ3) is 2.82. The summed E-state index contributed by atoms with van der Waals surface area (Å²) >= 11 is 0. The van der Waals surface area contributed by atoms with Crippen LogP contribution in [0, 0.1) is 11.6 Å². The Bertz CT molecular complexity index is 503.